The van der Waals surface area contributed by atoms with Gasteiger partial charge in [-0.3, -0.25) is 14.2 Å². The van der Waals surface area contributed by atoms with Gasteiger partial charge in [-0.05, 0) is 54.1 Å². The van der Waals surface area contributed by atoms with Crippen molar-refractivity contribution in [2.45, 2.75) is 26.3 Å². The molecule has 2 aromatic carbocycles. The highest BCUT2D eigenvalue weighted by molar-refractivity contribution is 6.30. The van der Waals surface area contributed by atoms with Gasteiger partial charge in [-0.1, -0.05) is 30.7 Å². The lowest BCUT2D eigenvalue weighted by Gasteiger charge is -2.15. The van der Waals surface area contributed by atoms with Crippen molar-refractivity contribution in [1.82, 2.24) is 14.5 Å². The maximum Gasteiger partial charge on any atom is 0.356 e. The fourth-order valence-electron chi connectivity index (χ4n) is 3.55. The average molecular weight is 533 g/mol. The normalized spacial score (nSPS) is 10.6. The summed E-state index contributed by atoms with van der Waals surface area (Å²) in [7, 11) is 1.29. The molecule has 0 saturated carbocycles. The number of nitrogens with zero attached hydrogens (tertiary/aromatic N) is 3. The number of hydrogen-bond donors (Lipinski definition) is 1. The van der Waals surface area contributed by atoms with Crippen LogP contribution in [0.5, 0.6) is 11.5 Å². The van der Waals surface area contributed by atoms with Gasteiger partial charge in [0.1, 0.15) is 23.0 Å². The largest absolute Gasteiger partial charge is 0.464 e. The summed E-state index contributed by atoms with van der Waals surface area (Å²) >= 11 is 6.01. The molecule has 0 amide bonds. The number of anilines is 2. The van der Waals surface area contributed by atoms with E-state index in [4.69, 9.17) is 16.3 Å². The van der Waals surface area contributed by atoms with Gasteiger partial charge in [0, 0.05) is 35.3 Å². The van der Waals surface area contributed by atoms with E-state index in [-0.39, 0.29) is 30.0 Å². The minimum atomic E-state index is -0.528. The molecular weight excluding hydrogens is 508 g/mol. The van der Waals surface area contributed by atoms with Crippen molar-refractivity contribution in [3.05, 3.63) is 105 Å². The van der Waals surface area contributed by atoms with Gasteiger partial charge in [0.05, 0.1) is 19.9 Å². The van der Waals surface area contributed by atoms with Crippen molar-refractivity contribution in [3.8, 4) is 11.5 Å². The van der Waals surface area contributed by atoms with Crippen LogP contribution in [-0.2, 0) is 22.5 Å². The zero-order valence-corrected chi connectivity index (χ0v) is 21.6. The molecule has 0 saturated heterocycles. The van der Waals surface area contributed by atoms with Gasteiger partial charge in [0.25, 0.3) is 5.56 Å². The molecule has 10 heteroatoms. The molecule has 0 unspecified atom stereocenters. The number of carbonyl (C=O) groups is 2. The molecule has 0 spiro atoms. The Balaban J connectivity index is 1.55. The van der Waals surface area contributed by atoms with Gasteiger partial charge >= 0.3 is 5.97 Å². The first-order chi connectivity index (χ1) is 18.4. The number of hydrogen-bond acceptors (Lipinski definition) is 8. The lowest BCUT2D eigenvalue weighted by Crippen LogP contribution is -2.28. The van der Waals surface area contributed by atoms with Crippen molar-refractivity contribution < 1.29 is 19.1 Å². The predicted octanol–water partition coefficient (Wildman–Crippen LogP) is 5.18. The zero-order chi connectivity index (χ0) is 27.1. The second kappa shape index (κ2) is 12.2. The number of pyridine rings is 1. The predicted molar refractivity (Wildman–Crippen MR) is 143 cm³/mol. The second-order valence-corrected chi connectivity index (χ2v) is 8.75. The van der Waals surface area contributed by atoms with E-state index in [2.05, 4.69) is 20.0 Å². The Morgan fingerprint density at radius 3 is 2.29 bits per heavy atom. The number of benzene rings is 2. The molecule has 9 nitrogen and oxygen atoms in total. The highest BCUT2D eigenvalue weighted by atomic mass is 35.5. The minimum Gasteiger partial charge on any atom is -0.464 e. The van der Waals surface area contributed by atoms with Gasteiger partial charge in [-0.25, -0.2) is 14.8 Å². The number of Topliss-reactive ketones (excluding diaryl/α,β-unsaturated/α-hetero) is 1. The summed E-state index contributed by atoms with van der Waals surface area (Å²) in [6.07, 6.45) is 3.25. The minimum absolute atomic E-state index is 0.0325. The molecule has 0 radical (unpaired) electrons. The molecule has 0 bridgehead atoms. The number of methoxy groups -OCH3 is 1. The molecule has 4 aromatic rings. The zero-order valence-electron chi connectivity index (χ0n) is 20.8. The van der Waals surface area contributed by atoms with Crippen LogP contribution in [0, 0.1) is 0 Å². The van der Waals surface area contributed by atoms with Crippen LogP contribution in [-0.4, -0.2) is 33.4 Å². The van der Waals surface area contributed by atoms with Crippen LogP contribution in [0.15, 0.2) is 77.9 Å². The summed E-state index contributed by atoms with van der Waals surface area (Å²) < 4.78 is 11.9. The number of aromatic nitrogens is 3. The number of halogens is 1. The van der Waals surface area contributed by atoms with Crippen LogP contribution in [0.25, 0.3) is 0 Å². The molecule has 0 aliphatic carbocycles. The van der Waals surface area contributed by atoms with Crippen LogP contribution in [0.2, 0.25) is 5.02 Å². The molecule has 2 heterocycles. The first kappa shape index (κ1) is 26.6. The number of rotatable bonds is 10. The van der Waals surface area contributed by atoms with Crippen molar-refractivity contribution in [1.29, 1.82) is 0 Å². The molecular formula is C28H25ClN4O5. The fourth-order valence-corrected chi connectivity index (χ4v) is 3.67. The van der Waals surface area contributed by atoms with Gasteiger partial charge in [0.15, 0.2) is 0 Å². The molecule has 1 N–H and O–H groups in total. The third-order valence-corrected chi connectivity index (χ3v) is 5.88. The summed E-state index contributed by atoms with van der Waals surface area (Å²) in [5.41, 5.74) is 1.76. The standard InChI is InChI=1S/C28H25ClN4O5/c1-3-22(34)14-19-15-31-28(33(26(19)35)17-18-4-6-20(29)7-5-18)32-21-8-10-23(11-9-21)38-24-12-13-25(30-16-24)27(36)37-2/h4-13,15-16H,3,14,17H2,1-2H3,(H,31,32). The van der Waals surface area contributed by atoms with Gasteiger partial charge in [0.2, 0.25) is 5.95 Å². The van der Waals surface area contributed by atoms with Crippen LogP contribution in [0.3, 0.4) is 0 Å². The Morgan fingerprint density at radius 2 is 1.66 bits per heavy atom. The summed E-state index contributed by atoms with van der Waals surface area (Å²) in [6, 6.07) is 17.4. The molecule has 38 heavy (non-hydrogen) atoms. The summed E-state index contributed by atoms with van der Waals surface area (Å²) in [6.45, 7) is 2.01. The number of ketones is 1. The number of ether oxygens (including phenoxy) is 2. The number of carbonyl (C=O) groups excluding carboxylic acids is 2. The number of nitrogens with one attached hydrogen (secondary N) is 1. The van der Waals surface area contributed by atoms with E-state index in [1.165, 1.54) is 30.1 Å². The molecule has 4 rings (SSSR count). The lowest BCUT2D eigenvalue weighted by atomic mass is 10.1. The van der Waals surface area contributed by atoms with Gasteiger partial charge in [-0.15, -0.1) is 0 Å². The van der Waals surface area contributed by atoms with E-state index in [0.29, 0.717) is 40.1 Å². The maximum absolute atomic E-state index is 13.3. The average Bonchev–Trinajstić information content (AvgIpc) is 2.94. The van der Waals surface area contributed by atoms with Crippen LogP contribution < -0.4 is 15.6 Å². The van der Waals surface area contributed by atoms with E-state index in [1.54, 1.807) is 49.4 Å². The number of esters is 1. The highest BCUT2D eigenvalue weighted by Crippen LogP contribution is 2.24. The van der Waals surface area contributed by atoms with Gasteiger partial charge < -0.3 is 14.8 Å². The fraction of sp³-hybridized carbons (Fsp3) is 0.179. The first-order valence-corrected chi connectivity index (χ1v) is 12.2. The third kappa shape index (κ3) is 6.63. The summed E-state index contributed by atoms with van der Waals surface area (Å²) in [4.78, 5) is 45.3. The van der Waals surface area contributed by atoms with E-state index in [1.807, 2.05) is 12.1 Å². The molecule has 0 atom stereocenters. The SMILES string of the molecule is CCC(=O)Cc1cnc(Nc2ccc(Oc3ccc(C(=O)OC)nc3)cc2)n(Cc2ccc(Cl)cc2)c1=O. The van der Waals surface area contributed by atoms with Crippen LogP contribution in [0.4, 0.5) is 11.6 Å². The molecule has 194 valence electrons. The first-order valence-electron chi connectivity index (χ1n) is 11.8. The van der Waals surface area contributed by atoms with E-state index < -0.39 is 5.97 Å². The van der Waals surface area contributed by atoms with Crippen LogP contribution >= 0.6 is 11.6 Å². The third-order valence-electron chi connectivity index (χ3n) is 5.63. The van der Waals surface area contributed by atoms with Crippen molar-refractivity contribution >= 4 is 35.0 Å². The Kier molecular flexibility index (Phi) is 8.50. The Labute approximate surface area is 224 Å². The smallest absolute Gasteiger partial charge is 0.356 e. The summed E-state index contributed by atoms with van der Waals surface area (Å²) in [5, 5.41) is 3.77. The molecule has 0 aliphatic heterocycles. The van der Waals surface area contributed by atoms with E-state index in [0.717, 1.165) is 5.56 Å². The molecule has 0 fully saturated rings. The Hall–Kier alpha value is -4.50. The van der Waals surface area contributed by atoms with Crippen molar-refractivity contribution in [2.24, 2.45) is 0 Å². The van der Waals surface area contributed by atoms with Gasteiger partial charge in [-0.2, -0.15) is 0 Å². The second-order valence-electron chi connectivity index (χ2n) is 8.32. The monoisotopic (exact) mass is 532 g/mol. The van der Waals surface area contributed by atoms with Crippen molar-refractivity contribution in [2.75, 3.05) is 12.4 Å². The summed E-state index contributed by atoms with van der Waals surface area (Å²) in [5.74, 6) is 0.763. The topological polar surface area (TPSA) is 112 Å². The van der Waals surface area contributed by atoms with Crippen LogP contribution in [0.1, 0.15) is 35.0 Å². The molecule has 0 aliphatic rings. The Bertz CT molecular complexity index is 1480. The maximum atomic E-state index is 13.3. The quantitative estimate of drug-likeness (QED) is 0.278. The molecule has 2 aromatic heterocycles. The van der Waals surface area contributed by atoms with Crippen molar-refractivity contribution in [3.63, 3.8) is 0 Å². The Morgan fingerprint density at radius 1 is 0.947 bits per heavy atom. The van der Waals surface area contributed by atoms with E-state index in [9.17, 15) is 14.4 Å². The van der Waals surface area contributed by atoms with E-state index >= 15 is 0 Å². The lowest BCUT2D eigenvalue weighted by molar-refractivity contribution is -0.118. The highest BCUT2D eigenvalue weighted by Gasteiger charge is 2.14.